The summed E-state index contributed by atoms with van der Waals surface area (Å²) in [7, 11) is 0. The Hall–Kier alpha value is -2.43. The van der Waals surface area contributed by atoms with Crippen LogP contribution in [0.25, 0.3) is 0 Å². The third kappa shape index (κ3) is 1.75. The van der Waals surface area contributed by atoms with Gasteiger partial charge in [0.25, 0.3) is 17.7 Å². The maximum atomic E-state index is 12.5. The van der Waals surface area contributed by atoms with Crippen LogP contribution in [0.4, 0.5) is 0 Å². The Balaban J connectivity index is 1.54. The molecule has 1 heterocycles. The molecule has 0 aromatic heterocycles. The summed E-state index contributed by atoms with van der Waals surface area (Å²) in [5.41, 5.74) is 3.96. The Bertz CT molecular complexity index is 677. The molecule has 5 heteroatoms. The van der Waals surface area contributed by atoms with Gasteiger partial charge in [0.05, 0.1) is 11.8 Å². The maximum absolute atomic E-state index is 12.5. The van der Waals surface area contributed by atoms with Crippen LogP contribution in [0, 0.1) is 30.6 Å². The number of imide groups is 1. The van der Waals surface area contributed by atoms with Crippen molar-refractivity contribution in [2.45, 2.75) is 13.3 Å². The van der Waals surface area contributed by atoms with Gasteiger partial charge in [0.15, 0.2) is 0 Å². The SMILES string of the molecule is Cc1ccc(C(=O)NN2C(=O)[C@@H]3[C@H](C2=O)[C@@H]2C=C[C@@H]3C2)cc1. The third-order valence-electron chi connectivity index (χ3n) is 5.00. The zero-order chi connectivity index (χ0) is 15.4. The minimum atomic E-state index is -0.429. The lowest BCUT2D eigenvalue weighted by Crippen LogP contribution is -2.47. The standard InChI is InChI=1S/C17H16N2O3/c1-9-2-4-10(5-3-9)15(20)18-19-16(21)13-11-6-7-12(8-11)14(13)17(19)22/h2-7,11-14H,8H2,1H3,(H,18,20)/t11-,12-,13-,14+/m1/s1. The van der Waals surface area contributed by atoms with E-state index >= 15 is 0 Å². The molecular formula is C17H16N2O3. The molecule has 2 aliphatic carbocycles. The molecule has 4 rings (SSSR count). The number of hydrogen-bond donors (Lipinski definition) is 1. The number of fused-ring (bicyclic) bond motifs is 5. The minimum Gasteiger partial charge on any atom is -0.272 e. The van der Waals surface area contributed by atoms with E-state index in [0.717, 1.165) is 17.0 Å². The molecule has 0 spiro atoms. The highest BCUT2D eigenvalue weighted by Crippen LogP contribution is 2.52. The van der Waals surface area contributed by atoms with Gasteiger partial charge in [0.1, 0.15) is 0 Å². The van der Waals surface area contributed by atoms with Gasteiger partial charge in [-0.1, -0.05) is 29.8 Å². The van der Waals surface area contributed by atoms with Crippen LogP contribution in [0.3, 0.4) is 0 Å². The minimum absolute atomic E-state index is 0.146. The Morgan fingerprint density at radius 1 is 1.05 bits per heavy atom. The Labute approximate surface area is 128 Å². The van der Waals surface area contributed by atoms with Gasteiger partial charge in [-0.05, 0) is 37.3 Å². The van der Waals surface area contributed by atoms with Gasteiger partial charge >= 0.3 is 0 Å². The van der Waals surface area contributed by atoms with E-state index < -0.39 is 5.91 Å². The van der Waals surface area contributed by atoms with Crippen molar-refractivity contribution < 1.29 is 14.4 Å². The second-order valence-corrected chi connectivity index (χ2v) is 6.32. The average Bonchev–Trinajstić information content (AvgIpc) is 3.17. The lowest BCUT2D eigenvalue weighted by Gasteiger charge is -2.18. The highest BCUT2D eigenvalue weighted by atomic mass is 16.2. The number of allylic oxidation sites excluding steroid dienone is 2. The van der Waals surface area contributed by atoms with Crippen molar-refractivity contribution in [1.29, 1.82) is 0 Å². The predicted molar refractivity (Wildman–Crippen MR) is 78.2 cm³/mol. The van der Waals surface area contributed by atoms with E-state index in [9.17, 15) is 14.4 Å². The molecule has 5 nitrogen and oxygen atoms in total. The number of amides is 3. The van der Waals surface area contributed by atoms with Crippen LogP contribution in [0.15, 0.2) is 36.4 Å². The Morgan fingerprint density at radius 2 is 1.59 bits per heavy atom. The van der Waals surface area contributed by atoms with Gasteiger partial charge in [0.2, 0.25) is 0 Å². The topological polar surface area (TPSA) is 66.5 Å². The zero-order valence-corrected chi connectivity index (χ0v) is 12.2. The van der Waals surface area contributed by atoms with Crippen LogP contribution in [-0.4, -0.2) is 22.7 Å². The second-order valence-electron chi connectivity index (χ2n) is 6.32. The number of aryl methyl sites for hydroxylation is 1. The van der Waals surface area contributed by atoms with E-state index in [2.05, 4.69) is 5.43 Å². The molecule has 3 aliphatic rings. The van der Waals surface area contributed by atoms with E-state index in [1.54, 1.807) is 12.1 Å². The first-order valence-electron chi connectivity index (χ1n) is 7.50. The first kappa shape index (κ1) is 13.2. The molecule has 1 aliphatic heterocycles. The number of hydrogen-bond acceptors (Lipinski definition) is 3. The van der Waals surface area contributed by atoms with E-state index in [4.69, 9.17) is 0 Å². The molecular weight excluding hydrogens is 280 g/mol. The molecule has 2 fully saturated rings. The van der Waals surface area contributed by atoms with Crippen LogP contribution in [0.5, 0.6) is 0 Å². The highest BCUT2D eigenvalue weighted by Gasteiger charge is 2.59. The quantitative estimate of drug-likeness (QED) is 0.663. The molecule has 0 radical (unpaired) electrons. The maximum Gasteiger partial charge on any atom is 0.270 e. The van der Waals surface area contributed by atoms with Crippen molar-refractivity contribution in [3.05, 3.63) is 47.5 Å². The van der Waals surface area contributed by atoms with E-state index in [1.807, 2.05) is 31.2 Å². The fourth-order valence-electron chi connectivity index (χ4n) is 3.88. The summed E-state index contributed by atoms with van der Waals surface area (Å²) in [6, 6.07) is 7.01. The summed E-state index contributed by atoms with van der Waals surface area (Å²) in [5.74, 6) is -1.26. The van der Waals surface area contributed by atoms with Gasteiger partial charge in [0, 0.05) is 5.56 Å². The largest absolute Gasteiger partial charge is 0.272 e. The lowest BCUT2D eigenvalue weighted by atomic mass is 9.85. The lowest BCUT2D eigenvalue weighted by molar-refractivity contribution is -0.143. The van der Waals surface area contributed by atoms with Crippen molar-refractivity contribution in [3.63, 3.8) is 0 Å². The molecule has 1 aromatic rings. The summed E-state index contributed by atoms with van der Waals surface area (Å²) in [4.78, 5) is 37.2. The van der Waals surface area contributed by atoms with Gasteiger partial charge in [-0.3, -0.25) is 19.8 Å². The number of nitrogens with zero attached hydrogens (tertiary/aromatic N) is 1. The first-order chi connectivity index (χ1) is 10.6. The molecule has 1 N–H and O–H groups in total. The van der Waals surface area contributed by atoms with E-state index in [1.165, 1.54) is 0 Å². The fourth-order valence-corrected chi connectivity index (χ4v) is 3.88. The van der Waals surface area contributed by atoms with Crippen LogP contribution < -0.4 is 5.43 Å². The normalized spacial score (nSPS) is 31.8. The molecule has 1 saturated carbocycles. The second kappa shape index (κ2) is 4.53. The van der Waals surface area contributed by atoms with Crippen molar-refractivity contribution in [1.82, 2.24) is 10.4 Å². The van der Waals surface area contributed by atoms with Crippen molar-refractivity contribution in [2.24, 2.45) is 23.7 Å². The smallest absolute Gasteiger partial charge is 0.270 e. The van der Waals surface area contributed by atoms with E-state index in [0.29, 0.717) is 5.56 Å². The van der Waals surface area contributed by atoms with Crippen LogP contribution >= 0.6 is 0 Å². The summed E-state index contributed by atoms with van der Waals surface area (Å²) in [6.45, 7) is 1.93. The summed E-state index contributed by atoms with van der Waals surface area (Å²) in [6.07, 6.45) is 4.94. The molecule has 1 saturated heterocycles. The molecule has 4 atom stereocenters. The van der Waals surface area contributed by atoms with Gasteiger partial charge in [-0.2, -0.15) is 5.01 Å². The van der Waals surface area contributed by atoms with Crippen molar-refractivity contribution in [3.8, 4) is 0 Å². The monoisotopic (exact) mass is 296 g/mol. The molecule has 2 bridgehead atoms. The number of nitrogens with one attached hydrogen (secondary N) is 1. The zero-order valence-electron chi connectivity index (χ0n) is 12.2. The molecule has 1 aromatic carbocycles. The van der Waals surface area contributed by atoms with Crippen LogP contribution in [-0.2, 0) is 9.59 Å². The molecule has 22 heavy (non-hydrogen) atoms. The number of carbonyl (C=O) groups excluding carboxylic acids is 3. The summed E-state index contributed by atoms with van der Waals surface area (Å²) >= 11 is 0. The molecule has 3 amide bonds. The Morgan fingerprint density at radius 3 is 2.14 bits per heavy atom. The predicted octanol–water partition coefficient (Wildman–Crippen LogP) is 1.45. The van der Waals surface area contributed by atoms with Gasteiger partial charge < -0.3 is 0 Å². The highest BCUT2D eigenvalue weighted by molar-refractivity contribution is 6.08. The Kier molecular flexibility index (Phi) is 2.73. The van der Waals surface area contributed by atoms with Crippen LogP contribution in [0.1, 0.15) is 22.3 Å². The summed E-state index contributed by atoms with van der Waals surface area (Å²) < 4.78 is 0. The van der Waals surface area contributed by atoms with Crippen molar-refractivity contribution in [2.75, 3.05) is 0 Å². The number of rotatable bonds is 2. The third-order valence-corrected chi connectivity index (χ3v) is 5.00. The number of benzene rings is 1. The summed E-state index contributed by atoms with van der Waals surface area (Å²) in [5, 5.41) is 0.934. The first-order valence-corrected chi connectivity index (χ1v) is 7.50. The molecule has 112 valence electrons. The van der Waals surface area contributed by atoms with Gasteiger partial charge in [-0.25, -0.2) is 0 Å². The fraction of sp³-hybridized carbons (Fsp3) is 0.353. The number of hydrazine groups is 1. The van der Waals surface area contributed by atoms with Crippen molar-refractivity contribution >= 4 is 17.7 Å². The number of carbonyl (C=O) groups is 3. The van der Waals surface area contributed by atoms with E-state index in [-0.39, 0.29) is 35.5 Å². The van der Waals surface area contributed by atoms with Gasteiger partial charge in [-0.15, -0.1) is 0 Å². The average molecular weight is 296 g/mol. The van der Waals surface area contributed by atoms with Crippen LogP contribution in [0.2, 0.25) is 0 Å². The molecule has 0 unspecified atom stereocenters.